The first kappa shape index (κ1) is 30.3. The van der Waals surface area contributed by atoms with Gasteiger partial charge in [0.2, 0.25) is 0 Å². The van der Waals surface area contributed by atoms with E-state index in [1.807, 2.05) is 0 Å². The molecule has 1 N–H and O–H groups in total. The van der Waals surface area contributed by atoms with Crippen molar-refractivity contribution < 1.29 is 35.3 Å². The lowest BCUT2D eigenvalue weighted by Gasteiger charge is -2.39. The summed E-state index contributed by atoms with van der Waals surface area (Å²) in [5, 5.41) is 0. The maximum Gasteiger partial charge on any atom is 0.522 e. The van der Waals surface area contributed by atoms with E-state index in [0.29, 0.717) is 0 Å². The van der Waals surface area contributed by atoms with Crippen LogP contribution in [0.1, 0.15) is 79.1 Å². The Morgan fingerprint density at radius 2 is 0.923 bits per heavy atom. The quantitative estimate of drug-likeness (QED) is 0.232. The van der Waals surface area contributed by atoms with Gasteiger partial charge in [-0.2, -0.15) is 21.6 Å². The molecule has 162 valence electrons. The summed E-state index contributed by atoms with van der Waals surface area (Å²) in [7, 11) is -5.84. The lowest BCUT2D eigenvalue weighted by Crippen LogP contribution is -3.00. The van der Waals surface area contributed by atoms with E-state index in [2.05, 4.69) is 27.7 Å². The highest BCUT2D eigenvalue weighted by molar-refractivity contribution is 7.86. The van der Waals surface area contributed by atoms with Crippen LogP contribution in [-0.4, -0.2) is 49.1 Å². The van der Waals surface area contributed by atoms with E-state index in [1.165, 1.54) is 82.0 Å². The fourth-order valence-corrected chi connectivity index (χ4v) is 2.64. The molecule has 0 aromatic carbocycles. The van der Waals surface area contributed by atoms with Gasteiger partial charge in [0.1, 0.15) is 0 Å². The zero-order valence-corrected chi connectivity index (χ0v) is 17.4. The van der Waals surface area contributed by atoms with Crippen LogP contribution in [0.25, 0.3) is 0 Å². The first-order chi connectivity index (χ1) is 11.5. The molecule has 0 spiro atoms. The molecule has 26 heavy (non-hydrogen) atoms. The van der Waals surface area contributed by atoms with Gasteiger partial charge in [-0.05, 0) is 25.7 Å². The number of hydrogen-bond donors (Lipinski definition) is 1. The summed E-state index contributed by atoms with van der Waals surface area (Å²) < 4.78 is 59.0. The highest BCUT2D eigenvalue weighted by Crippen LogP contribution is 2.20. The van der Waals surface area contributed by atoms with Crippen molar-refractivity contribution in [2.24, 2.45) is 0 Å². The van der Waals surface area contributed by atoms with Crippen LogP contribution in [0.5, 0.6) is 0 Å². The molecular weight excluding hydrogens is 374 g/mol. The van der Waals surface area contributed by atoms with Crippen LogP contribution >= 0.6 is 0 Å². The van der Waals surface area contributed by atoms with Gasteiger partial charge in [-0.1, -0.05) is 53.4 Å². The van der Waals surface area contributed by atoms with Crippen LogP contribution < -0.4 is 4.70 Å². The third-order valence-corrected chi connectivity index (χ3v) is 4.82. The van der Waals surface area contributed by atoms with Gasteiger partial charge < -0.3 is 9.19 Å². The summed E-state index contributed by atoms with van der Waals surface area (Å²) in [5.41, 5.74) is -5.53. The molecule has 0 aromatic rings. The second kappa shape index (κ2) is 15.6. The monoisotopic (exact) mass is 411 g/mol. The minimum Gasteiger partial charge on any atom is -1.00 e. The summed E-state index contributed by atoms with van der Waals surface area (Å²) in [5.74, 6) is 0. The molecule has 4 nitrogen and oxygen atoms in total. The summed E-state index contributed by atoms with van der Waals surface area (Å²) >= 11 is 0. The van der Waals surface area contributed by atoms with Crippen molar-refractivity contribution in [3.05, 3.63) is 0 Å². The average Bonchev–Trinajstić information content (AvgIpc) is 2.52. The molecule has 0 rings (SSSR count). The first-order valence-corrected chi connectivity index (χ1v) is 10.8. The fourth-order valence-electron chi connectivity index (χ4n) is 2.64. The SMILES string of the molecule is CCCC[N+](CCCC)(CCCC)CCCC.O=S(=O)(O)C(F)(F)F.[F-]. The van der Waals surface area contributed by atoms with Crippen LogP contribution in [0, 0.1) is 0 Å². The maximum atomic E-state index is 10.7. The molecule has 0 atom stereocenters. The Balaban J connectivity index is -0.000000498. The molecule has 0 aliphatic heterocycles. The zero-order valence-electron chi connectivity index (χ0n) is 16.6. The van der Waals surface area contributed by atoms with Gasteiger partial charge in [-0.15, -0.1) is 0 Å². The second-order valence-corrected chi connectivity index (χ2v) is 7.98. The number of unbranched alkanes of at least 4 members (excludes halogenated alkanes) is 4. The molecule has 0 amide bonds. The number of rotatable bonds is 12. The normalized spacial score (nSPS) is 12.2. The Labute approximate surface area is 156 Å². The minimum atomic E-state index is -5.84. The van der Waals surface area contributed by atoms with E-state index >= 15 is 0 Å². The third-order valence-electron chi connectivity index (χ3n) is 4.24. The van der Waals surface area contributed by atoms with Gasteiger partial charge >= 0.3 is 15.6 Å². The molecule has 0 unspecified atom stereocenters. The highest BCUT2D eigenvalue weighted by atomic mass is 32.2. The van der Waals surface area contributed by atoms with Crippen LogP contribution in [0.4, 0.5) is 13.2 Å². The fraction of sp³-hybridized carbons (Fsp3) is 1.00. The molecule has 0 bridgehead atoms. The van der Waals surface area contributed by atoms with Crippen LogP contribution in [-0.2, 0) is 10.1 Å². The minimum absolute atomic E-state index is 0. The van der Waals surface area contributed by atoms with Gasteiger partial charge in [-0.25, -0.2) is 0 Å². The molecule has 0 aliphatic carbocycles. The Morgan fingerprint density at radius 3 is 1.04 bits per heavy atom. The number of alkyl halides is 3. The summed E-state index contributed by atoms with van der Waals surface area (Å²) in [6.07, 6.45) is 11.1. The number of halogens is 4. The van der Waals surface area contributed by atoms with Gasteiger partial charge in [-0.3, -0.25) is 4.55 Å². The molecule has 0 aromatic heterocycles. The van der Waals surface area contributed by atoms with Crippen LogP contribution in [0.15, 0.2) is 0 Å². The van der Waals surface area contributed by atoms with Gasteiger partial charge in [0.15, 0.2) is 0 Å². The molecular formula is C17H37F4NO3S. The van der Waals surface area contributed by atoms with E-state index < -0.39 is 15.6 Å². The van der Waals surface area contributed by atoms with Gasteiger partial charge in [0, 0.05) is 0 Å². The van der Waals surface area contributed by atoms with Crippen LogP contribution in [0.3, 0.4) is 0 Å². The molecule has 0 aliphatic rings. The summed E-state index contributed by atoms with van der Waals surface area (Å²) in [6, 6.07) is 0. The number of quaternary nitrogens is 1. The first-order valence-electron chi connectivity index (χ1n) is 9.38. The van der Waals surface area contributed by atoms with Crippen molar-refractivity contribution in [1.82, 2.24) is 0 Å². The van der Waals surface area contributed by atoms with E-state index in [4.69, 9.17) is 13.0 Å². The van der Waals surface area contributed by atoms with E-state index in [0.717, 1.165) is 0 Å². The molecule has 0 radical (unpaired) electrons. The summed E-state index contributed by atoms with van der Waals surface area (Å²) in [4.78, 5) is 0. The largest absolute Gasteiger partial charge is 1.00 e. The lowest BCUT2D eigenvalue weighted by atomic mass is 10.1. The van der Waals surface area contributed by atoms with Crippen molar-refractivity contribution in [3.63, 3.8) is 0 Å². The Hall–Kier alpha value is -0.410. The van der Waals surface area contributed by atoms with E-state index in [1.54, 1.807) is 0 Å². The molecule has 9 heteroatoms. The Morgan fingerprint density at radius 1 is 0.731 bits per heavy atom. The van der Waals surface area contributed by atoms with Gasteiger partial charge in [0.05, 0.1) is 26.2 Å². The van der Waals surface area contributed by atoms with Crippen molar-refractivity contribution in [3.8, 4) is 0 Å². The van der Waals surface area contributed by atoms with E-state index in [9.17, 15) is 13.2 Å². The predicted octanol–water partition coefficient (Wildman–Crippen LogP) is 2.40. The van der Waals surface area contributed by atoms with E-state index in [-0.39, 0.29) is 4.70 Å². The third kappa shape index (κ3) is 14.7. The second-order valence-electron chi connectivity index (χ2n) is 6.57. The smallest absolute Gasteiger partial charge is 0.522 e. The highest BCUT2D eigenvalue weighted by Gasteiger charge is 2.44. The van der Waals surface area contributed by atoms with Gasteiger partial charge in [0.25, 0.3) is 0 Å². The Bertz CT molecular complexity index is 377. The average molecular weight is 412 g/mol. The molecule has 0 saturated heterocycles. The van der Waals surface area contributed by atoms with Crippen LogP contribution in [0.2, 0.25) is 0 Å². The number of hydrogen-bond acceptors (Lipinski definition) is 2. The zero-order chi connectivity index (χ0) is 20.0. The molecule has 0 saturated carbocycles. The van der Waals surface area contributed by atoms with Crippen molar-refractivity contribution in [2.45, 2.75) is 84.6 Å². The molecule has 0 heterocycles. The van der Waals surface area contributed by atoms with Crippen molar-refractivity contribution in [2.75, 3.05) is 26.2 Å². The maximum absolute atomic E-state index is 10.7. The Kier molecular flexibility index (Phi) is 18.2. The lowest BCUT2D eigenvalue weighted by molar-refractivity contribution is -0.929. The summed E-state index contributed by atoms with van der Waals surface area (Å²) in [6.45, 7) is 15.0. The van der Waals surface area contributed by atoms with Crippen molar-refractivity contribution in [1.29, 1.82) is 0 Å². The standard InChI is InChI=1S/C16H36N.CHF3O3S.FH/c1-5-9-13-17(14-10-6-2,15-11-7-3)16-12-8-4;2-1(3,4)8(5,6)7;/h5-16H2,1-4H3;(H,5,6,7);1H/q+1;;/p-1. The predicted molar refractivity (Wildman–Crippen MR) is 97.0 cm³/mol. The number of nitrogens with zero attached hydrogens (tertiary/aromatic N) is 1. The molecule has 0 fully saturated rings. The van der Waals surface area contributed by atoms with Crippen molar-refractivity contribution >= 4 is 10.1 Å². The topological polar surface area (TPSA) is 54.4 Å².